The van der Waals surface area contributed by atoms with Crippen molar-refractivity contribution in [2.75, 3.05) is 7.11 Å². The molecule has 0 unspecified atom stereocenters. The fourth-order valence-corrected chi connectivity index (χ4v) is 4.51. The number of benzene rings is 2. The Labute approximate surface area is 192 Å². The van der Waals surface area contributed by atoms with E-state index in [1.54, 1.807) is 13.4 Å². The molecule has 2 aromatic carbocycles. The van der Waals surface area contributed by atoms with Crippen LogP contribution in [0.25, 0.3) is 17.8 Å². The highest BCUT2D eigenvalue weighted by atomic mass is 19.1. The predicted octanol–water partition coefficient (Wildman–Crippen LogP) is 5.19. The number of ether oxygens (including phenoxy) is 1. The lowest BCUT2D eigenvalue weighted by molar-refractivity contribution is 0.357. The summed E-state index contributed by atoms with van der Waals surface area (Å²) in [5.74, 6) is 2.11. The molecule has 3 heterocycles. The van der Waals surface area contributed by atoms with Gasteiger partial charge in [-0.25, -0.2) is 19.0 Å². The summed E-state index contributed by atoms with van der Waals surface area (Å²) >= 11 is 0. The minimum atomic E-state index is -0.293. The standard InChI is InChI=1S/C26H26FN5O/c1-18-16-31(17-28-18)22-11-5-19(15-23(22)33-3)6-12-24-29-25-26(2,13-4-14-32(25)30-24)20-7-9-21(27)10-8-20/h5-12,15-17H,4,13-14H2,1-3H3/b12-6+/t26-/m1/s1. The molecule has 2 aromatic heterocycles. The quantitative estimate of drug-likeness (QED) is 0.426. The fraction of sp³-hybridized carbons (Fsp3) is 0.269. The largest absolute Gasteiger partial charge is 0.495 e. The Morgan fingerprint density at radius 2 is 1.94 bits per heavy atom. The molecule has 1 aliphatic heterocycles. The monoisotopic (exact) mass is 443 g/mol. The second-order valence-electron chi connectivity index (χ2n) is 8.65. The maximum absolute atomic E-state index is 13.5. The zero-order valence-corrected chi connectivity index (χ0v) is 19.0. The van der Waals surface area contributed by atoms with Crippen molar-refractivity contribution in [1.82, 2.24) is 24.3 Å². The third-order valence-corrected chi connectivity index (χ3v) is 6.33. The Bertz CT molecular complexity index is 1320. The number of rotatable bonds is 5. The zero-order chi connectivity index (χ0) is 23.0. The summed E-state index contributed by atoms with van der Waals surface area (Å²) in [6.07, 6.45) is 9.60. The molecule has 0 saturated heterocycles. The Balaban J connectivity index is 1.43. The van der Waals surface area contributed by atoms with Crippen molar-refractivity contribution in [3.05, 3.63) is 89.3 Å². The highest BCUT2D eigenvalue weighted by Gasteiger charge is 2.37. The Kier molecular flexibility index (Phi) is 5.32. The maximum atomic E-state index is 13.5. The van der Waals surface area contributed by atoms with Crippen LogP contribution in [0, 0.1) is 12.7 Å². The summed E-state index contributed by atoms with van der Waals surface area (Å²) < 4.78 is 23.0. The van der Waals surface area contributed by atoms with Crippen molar-refractivity contribution in [2.24, 2.45) is 0 Å². The summed E-state index contributed by atoms with van der Waals surface area (Å²) in [7, 11) is 1.66. The van der Waals surface area contributed by atoms with Gasteiger partial charge in [0.1, 0.15) is 17.4 Å². The lowest BCUT2D eigenvalue weighted by Crippen LogP contribution is -2.33. The van der Waals surface area contributed by atoms with E-state index in [9.17, 15) is 4.39 Å². The van der Waals surface area contributed by atoms with Gasteiger partial charge in [-0.3, -0.25) is 0 Å². The summed E-state index contributed by atoms with van der Waals surface area (Å²) in [6.45, 7) is 4.95. The minimum Gasteiger partial charge on any atom is -0.495 e. The van der Waals surface area contributed by atoms with Gasteiger partial charge in [-0.15, -0.1) is 0 Å². The van der Waals surface area contributed by atoms with E-state index in [0.29, 0.717) is 5.82 Å². The van der Waals surface area contributed by atoms with E-state index >= 15 is 0 Å². The van der Waals surface area contributed by atoms with Crippen molar-refractivity contribution in [3.63, 3.8) is 0 Å². The van der Waals surface area contributed by atoms with Crippen LogP contribution >= 0.6 is 0 Å². The van der Waals surface area contributed by atoms with Crippen molar-refractivity contribution >= 4 is 12.2 Å². The third kappa shape index (κ3) is 3.95. The molecule has 1 atom stereocenters. The van der Waals surface area contributed by atoms with Crippen LogP contribution in [0.4, 0.5) is 4.39 Å². The average Bonchev–Trinajstić information content (AvgIpc) is 3.45. The minimum absolute atomic E-state index is 0.229. The van der Waals surface area contributed by atoms with E-state index in [-0.39, 0.29) is 11.2 Å². The van der Waals surface area contributed by atoms with E-state index in [2.05, 4.69) is 11.9 Å². The SMILES string of the molecule is COc1cc(/C=C/c2nc3n(n2)CCC[C@]3(C)c2ccc(F)cc2)ccc1-n1cnc(C)c1. The molecule has 0 radical (unpaired) electrons. The van der Waals surface area contributed by atoms with Crippen LogP contribution in [0.5, 0.6) is 5.75 Å². The maximum Gasteiger partial charge on any atom is 0.174 e. The molecule has 0 aliphatic carbocycles. The van der Waals surface area contributed by atoms with Crippen LogP contribution in [0.2, 0.25) is 0 Å². The van der Waals surface area contributed by atoms with E-state index in [1.807, 2.05) is 64.9 Å². The summed E-state index contributed by atoms with van der Waals surface area (Å²) in [6, 6.07) is 12.8. The van der Waals surface area contributed by atoms with Gasteiger partial charge in [-0.05, 0) is 68.2 Å². The highest BCUT2D eigenvalue weighted by molar-refractivity contribution is 5.69. The number of methoxy groups -OCH3 is 1. The second-order valence-corrected chi connectivity index (χ2v) is 8.65. The molecule has 7 heteroatoms. The smallest absolute Gasteiger partial charge is 0.174 e. The van der Waals surface area contributed by atoms with Gasteiger partial charge in [0.25, 0.3) is 0 Å². The molecule has 0 N–H and O–H groups in total. The van der Waals surface area contributed by atoms with E-state index < -0.39 is 0 Å². The molecule has 1 aliphatic rings. The van der Waals surface area contributed by atoms with Crippen LogP contribution in [0.3, 0.4) is 0 Å². The van der Waals surface area contributed by atoms with Crippen LogP contribution in [0.1, 0.15) is 48.2 Å². The number of halogens is 1. The molecule has 33 heavy (non-hydrogen) atoms. The molecule has 0 saturated carbocycles. The first-order chi connectivity index (χ1) is 16.0. The van der Waals surface area contributed by atoms with Crippen molar-refractivity contribution in [1.29, 1.82) is 0 Å². The molecule has 168 valence electrons. The van der Waals surface area contributed by atoms with E-state index in [0.717, 1.165) is 53.5 Å². The van der Waals surface area contributed by atoms with Gasteiger partial charge in [0.2, 0.25) is 0 Å². The van der Waals surface area contributed by atoms with Crippen molar-refractivity contribution in [3.8, 4) is 11.4 Å². The van der Waals surface area contributed by atoms with Gasteiger partial charge in [0.15, 0.2) is 5.82 Å². The van der Waals surface area contributed by atoms with E-state index in [4.69, 9.17) is 14.8 Å². The zero-order valence-electron chi connectivity index (χ0n) is 19.0. The number of hydrogen-bond donors (Lipinski definition) is 0. The number of fused-ring (bicyclic) bond motifs is 1. The molecular formula is C26H26FN5O. The van der Waals surface area contributed by atoms with Gasteiger partial charge >= 0.3 is 0 Å². The molecular weight excluding hydrogens is 417 g/mol. The van der Waals surface area contributed by atoms with Crippen molar-refractivity contribution in [2.45, 2.75) is 38.6 Å². The molecule has 6 nitrogen and oxygen atoms in total. The molecule has 0 bridgehead atoms. The molecule has 5 rings (SSSR count). The lowest BCUT2D eigenvalue weighted by atomic mass is 9.76. The first kappa shape index (κ1) is 21.1. The number of aromatic nitrogens is 5. The van der Waals surface area contributed by atoms with Crippen LogP contribution in [-0.4, -0.2) is 31.4 Å². The number of imidazole rings is 1. The van der Waals surface area contributed by atoms with Crippen molar-refractivity contribution < 1.29 is 9.13 Å². The Morgan fingerprint density at radius 1 is 1.12 bits per heavy atom. The number of aryl methyl sites for hydroxylation is 2. The summed E-state index contributed by atoms with van der Waals surface area (Å²) in [4.78, 5) is 9.15. The molecule has 0 spiro atoms. The highest BCUT2D eigenvalue weighted by Crippen LogP contribution is 2.38. The van der Waals surface area contributed by atoms with E-state index in [1.165, 1.54) is 12.1 Å². The number of hydrogen-bond acceptors (Lipinski definition) is 4. The fourth-order valence-electron chi connectivity index (χ4n) is 4.51. The molecule has 0 amide bonds. The Hall–Kier alpha value is -3.74. The first-order valence-corrected chi connectivity index (χ1v) is 11.0. The first-order valence-electron chi connectivity index (χ1n) is 11.0. The molecule has 0 fully saturated rings. The lowest BCUT2D eigenvalue weighted by Gasteiger charge is -2.33. The third-order valence-electron chi connectivity index (χ3n) is 6.33. The van der Waals surface area contributed by atoms with Gasteiger partial charge in [-0.1, -0.05) is 24.3 Å². The molecule has 4 aromatic rings. The van der Waals surface area contributed by atoms with Gasteiger partial charge < -0.3 is 9.30 Å². The van der Waals surface area contributed by atoms with Gasteiger partial charge in [0, 0.05) is 12.7 Å². The van der Waals surface area contributed by atoms with Gasteiger partial charge in [-0.2, -0.15) is 5.10 Å². The van der Waals surface area contributed by atoms with Crippen LogP contribution < -0.4 is 4.74 Å². The Morgan fingerprint density at radius 3 is 2.67 bits per heavy atom. The van der Waals surface area contributed by atoms with Crippen LogP contribution in [0.15, 0.2) is 55.0 Å². The normalized spacial score (nSPS) is 17.9. The topological polar surface area (TPSA) is 57.8 Å². The predicted molar refractivity (Wildman–Crippen MR) is 126 cm³/mol. The van der Waals surface area contributed by atoms with Gasteiger partial charge in [0.05, 0.1) is 30.2 Å². The summed E-state index contributed by atoms with van der Waals surface area (Å²) in [5.41, 5.74) is 3.63. The second kappa shape index (κ2) is 8.31. The number of nitrogens with zero attached hydrogens (tertiary/aromatic N) is 5. The van der Waals surface area contributed by atoms with Crippen LogP contribution in [-0.2, 0) is 12.0 Å². The summed E-state index contributed by atoms with van der Waals surface area (Å²) in [5, 5.41) is 4.72. The average molecular weight is 444 g/mol.